The van der Waals surface area contributed by atoms with E-state index in [9.17, 15) is 14.7 Å². The van der Waals surface area contributed by atoms with Crippen LogP contribution in [0.25, 0.3) is 17.0 Å². The van der Waals surface area contributed by atoms with E-state index in [1.807, 2.05) is 13.8 Å². The lowest BCUT2D eigenvalue weighted by atomic mass is 9.85. The van der Waals surface area contributed by atoms with Crippen LogP contribution in [0.5, 0.6) is 5.75 Å². The number of aromatic nitrogens is 3. The number of fused-ring (bicyclic) bond motifs is 5. The smallest absolute Gasteiger partial charge is 0.347 e. The molecule has 3 heterocycles. The molecule has 0 bridgehead atoms. The summed E-state index contributed by atoms with van der Waals surface area (Å²) in [5.74, 6) is -1.28. The number of nitrogens with zero attached hydrogens (tertiary/aromatic N) is 2. The van der Waals surface area contributed by atoms with E-state index in [4.69, 9.17) is 4.98 Å². The summed E-state index contributed by atoms with van der Waals surface area (Å²) < 4.78 is 6.71. The van der Waals surface area contributed by atoms with E-state index >= 15 is 0 Å². The molecule has 140 valence electrons. The van der Waals surface area contributed by atoms with Gasteiger partial charge in [0, 0.05) is 11.8 Å². The number of carbonyl (C=O) groups is 1. The van der Waals surface area contributed by atoms with Crippen LogP contribution in [0.1, 0.15) is 51.1 Å². The summed E-state index contributed by atoms with van der Waals surface area (Å²) in [5, 5.41) is 10.7. The molecule has 1 aliphatic rings. The van der Waals surface area contributed by atoms with Crippen LogP contribution in [0.15, 0.2) is 11.0 Å². The van der Waals surface area contributed by atoms with E-state index < -0.39 is 11.5 Å². The van der Waals surface area contributed by atoms with Crippen LogP contribution in [0.3, 0.4) is 0 Å². The SMILES string of the molecule is COC(=O)c1c(O)c2c([nH]c1=O)-c1nc3c(C)c(C)c(C)cn3c1CC2C. The second-order valence-corrected chi connectivity index (χ2v) is 7.23. The number of rotatable bonds is 1. The van der Waals surface area contributed by atoms with Crippen molar-refractivity contribution in [1.82, 2.24) is 14.4 Å². The van der Waals surface area contributed by atoms with Gasteiger partial charge in [-0.15, -0.1) is 0 Å². The van der Waals surface area contributed by atoms with E-state index in [1.54, 1.807) is 0 Å². The minimum absolute atomic E-state index is 0.102. The number of nitrogens with one attached hydrogen (secondary N) is 1. The molecule has 0 spiro atoms. The summed E-state index contributed by atoms with van der Waals surface area (Å²) in [4.78, 5) is 31.9. The Morgan fingerprint density at radius 2 is 2.04 bits per heavy atom. The maximum absolute atomic E-state index is 12.5. The van der Waals surface area contributed by atoms with Gasteiger partial charge in [0.25, 0.3) is 5.56 Å². The lowest BCUT2D eigenvalue weighted by Crippen LogP contribution is -2.24. The van der Waals surface area contributed by atoms with Crippen molar-refractivity contribution in [2.45, 2.75) is 40.0 Å². The molecule has 0 amide bonds. The highest BCUT2D eigenvalue weighted by Crippen LogP contribution is 2.43. The molecule has 0 aromatic carbocycles. The molecule has 1 unspecified atom stereocenters. The average Bonchev–Trinajstić information content (AvgIpc) is 2.98. The van der Waals surface area contributed by atoms with Crippen molar-refractivity contribution >= 4 is 11.6 Å². The fourth-order valence-electron chi connectivity index (χ4n) is 3.97. The topological polar surface area (TPSA) is 96.7 Å². The zero-order valence-corrected chi connectivity index (χ0v) is 15.9. The number of pyridine rings is 2. The molecule has 3 aromatic rings. The Morgan fingerprint density at radius 1 is 1.33 bits per heavy atom. The lowest BCUT2D eigenvalue weighted by molar-refractivity contribution is 0.0595. The molecule has 7 heteroatoms. The Bertz CT molecular complexity index is 1190. The highest BCUT2D eigenvalue weighted by Gasteiger charge is 2.33. The van der Waals surface area contributed by atoms with Crippen LogP contribution >= 0.6 is 0 Å². The van der Waals surface area contributed by atoms with Gasteiger partial charge in [-0.3, -0.25) is 4.79 Å². The van der Waals surface area contributed by atoms with E-state index in [0.717, 1.165) is 22.5 Å². The second-order valence-electron chi connectivity index (χ2n) is 7.23. The number of ether oxygens (including phenoxy) is 1. The number of H-pyrrole nitrogens is 1. The summed E-state index contributed by atoms with van der Waals surface area (Å²) in [6.07, 6.45) is 2.69. The van der Waals surface area contributed by atoms with Gasteiger partial charge in [0.1, 0.15) is 17.1 Å². The highest BCUT2D eigenvalue weighted by molar-refractivity contribution is 5.93. The Labute approximate surface area is 155 Å². The summed E-state index contributed by atoms with van der Waals surface area (Å²) in [5.41, 5.74) is 5.83. The number of aromatic amines is 1. The fourth-order valence-corrected chi connectivity index (χ4v) is 3.97. The molecule has 27 heavy (non-hydrogen) atoms. The Balaban J connectivity index is 2.09. The number of aromatic hydroxyl groups is 1. The van der Waals surface area contributed by atoms with Gasteiger partial charge in [0.15, 0.2) is 5.56 Å². The van der Waals surface area contributed by atoms with Gasteiger partial charge in [-0.05, 0) is 49.8 Å². The maximum atomic E-state index is 12.5. The molecule has 2 N–H and O–H groups in total. The molecule has 4 rings (SSSR count). The number of hydrogen-bond donors (Lipinski definition) is 2. The number of imidazole rings is 1. The normalized spacial score (nSPS) is 15.5. The van der Waals surface area contributed by atoms with Crippen molar-refractivity contribution in [3.05, 3.63) is 50.1 Å². The number of carbonyl (C=O) groups excluding carboxylic acids is 1. The highest BCUT2D eigenvalue weighted by atomic mass is 16.5. The molecule has 0 saturated carbocycles. The number of esters is 1. The third-order valence-electron chi connectivity index (χ3n) is 5.67. The predicted octanol–water partition coefficient (Wildman–Crippen LogP) is 2.77. The number of hydrogen-bond acceptors (Lipinski definition) is 5. The van der Waals surface area contributed by atoms with Crippen molar-refractivity contribution in [1.29, 1.82) is 0 Å². The summed E-state index contributed by atoms with van der Waals surface area (Å²) in [6.45, 7) is 8.10. The average molecular weight is 367 g/mol. The molecule has 0 saturated heterocycles. The van der Waals surface area contributed by atoms with Crippen LogP contribution in [0.2, 0.25) is 0 Å². The first-order valence-corrected chi connectivity index (χ1v) is 8.81. The van der Waals surface area contributed by atoms with Crippen molar-refractivity contribution in [2.24, 2.45) is 0 Å². The summed E-state index contributed by atoms with van der Waals surface area (Å²) in [6, 6.07) is 0. The monoisotopic (exact) mass is 367 g/mol. The van der Waals surface area contributed by atoms with Crippen LogP contribution in [0.4, 0.5) is 0 Å². The first-order valence-electron chi connectivity index (χ1n) is 8.81. The van der Waals surface area contributed by atoms with Crippen molar-refractivity contribution in [3.63, 3.8) is 0 Å². The first-order chi connectivity index (χ1) is 12.8. The zero-order chi connectivity index (χ0) is 19.6. The maximum Gasteiger partial charge on any atom is 0.347 e. The fraction of sp³-hybridized carbons (Fsp3) is 0.350. The van der Waals surface area contributed by atoms with E-state index in [1.165, 1.54) is 12.7 Å². The van der Waals surface area contributed by atoms with Gasteiger partial charge < -0.3 is 19.2 Å². The molecular formula is C20H21N3O4. The van der Waals surface area contributed by atoms with Crippen LogP contribution < -0.4 is 5.56 Å². The van der Waals surface area contributed by atoms with Gasteiger partial charge in [0.05, 0.1) is 18.5 Å². The quantitative estimate of drug-likeness (QED) is 0.645. The molecule has 0 fully saturated rings. The number of aryl methyl sites for hydroxylation is 2. The minimum Gasteiger partial charge on any atom is -0.506 e. The minimum atomic E-state index is -0.855. The van der Waals surface area contributed by atoms with Gasteiger partial charge in [-0.1, -0.05) is 6.92 Å². The van der Waals surface area contributed by atoms with E-state index in [-0.39, 0.29) is 17.2 Å². The molecule has 0 radical (unpaired) electrons. The standard InChI is InChI=1S/C20H21N3O4/c1-8-6-12-15(21-18-11(4)10(3)9(2)7-23(12)18)16-13(8)17(24)14(19(25)22-16)20(26)27-5/h7-8H,6H2,1-5H3,(H2,22,24,25). The van der Waals surface area contributed by atoms with Gasteiger partial charge >= 0.3 is 5.97 Å². The second kappa shape index (κ2) is 5.70. The van der Waals surface area contributed by atoms with Crippen molar-refractivity contribution in [3.8, 4) is 17.1 Å². The van der Waals surface area contributed by atoms with Crippen LogP contribution in [0, 0.1) is 20.8 Å². The zero-order valence-electron chi connectivity index (χ0n) is 15.9. The third kappa shape index (κ3) is 2.24. The van der Waals surface area contributed by atoms with Crippen molar-refractivity contribution in [2.75, 3.05) is 7.11 Å². The molecular weight excluding hydrogens is 346 g/mol. The lowest BCUT2D eigenvalue weighted by Gasteiger charge is -2.23. The van der Waals surface area contributed by atoms with Gasteiger partial charge in [-0.25, -0.2) is 9.78 Å². The van der Waals surface area contributed by atoms with E-state index in [0.29, 0.717) is 23.4 Å². The van der Waals surface area contributed by atoms with Crippen LogP contribution in [-0.2, 0) is 11.2 Å². The molecule has 3 aromatic heterocycles. The Kier molecular flexibility index (Phi) is 3.66. The predicted molar refractivity (Wildman–Crippen MR) is 101 cm³/mol. The van der Waals surface area contributed by atoms with Gasteiger partial charge in [-0.2, -0.15) is 0 Å². The largest absolute Gasteiger partial charge is 0.506 e. The molecule has 0 aliphatic heterocycles. The van der Waals surface area contributed by atoms with E-state index in [2.05, 4.69) is 34.2 Å². The Morgan fingerprint density at radius 3 is 2.70 bits per heavy atom. The third-order valence-corrected chi connectivity index (χ3v) is 5.67. The number of methoxy groups -OCH3 is 1. The molecule has 7 nitrogen and oxygen atoms in total. The molecule has 1 aliphatic carbocycles. The van der Waals surface area contributed by atoms with Crippen LogP contribution in [-0.4, -0.2) is 32.6 Å². The summed E-state index contributed by atoms with van der Waals surface area (Å²) in [7, 11) is 1.18. The van der Waals surface area contributed by atoms with Gasteiger partial charge in [0.2, 0.25) is 0 Å². The first kappa shape index (κ1) is 17.3. The Hall–Kier alpha value is -3.09. The summed E-state index contributed by atoms with van der Waals surface area (Å²) >= 11 is 0. The van der Waals surface area contributed by atoms with Crippen molar-refractivity contribution < 1.29 is 14.6 Å². The molecule has 1 atom stereocenters.